The van der Waals surface area contributed by atoms with E-state index >= 15 is 0 Å². The summed E-state index contributed by atoms with van der Waals surface area (Å²) in [5, 5.41) is 0. The Hall–Kier alpha value is 0.0569. The summed E-state index contributed by atoms with van der Waals surface area (Å²) in [6.07, 6.45) is 1.15. The van der Waals surface area contributed by atoms with Crippen LogP contribution in [0.3, 0.4) is 0 Å². The van der Waals surface area contributed by atoms with E-state index in [1.165, 1.54) is 0 Å². The number of methoxy groups -OCH3 is 2. The third-order valence-corrected chi connectivity index (χ3v) is 4.51. The fraction of sp³-hybridized carbons (Fsp3) is 1.00. The van der Waals surface area contributed by atoms with Gasteiger partial charge in [-0.15, -0.1) is 0 Å². The van der Waals surface area contributed by atoms with Crippen molar-refractivity contribution in [1.82, 2.24) is 4.98 Å². The fourth-order valence-corrected chi connectivity index (χ4v) is 3.32. The molecule has 13 heavy (non-hydrogen) atoms. The highest BCUT2D eigenvalue weighted by molar-refractivity contribution is 6.57. The van der Waals surface area contributed by atoms with Crippen molar-refractivity contribution in [2.75, 3.05) is 27.3 Å². The second-order valence-corrected chi connectivity index (χ2v) is 5.17. The molecule has 0 bridgehead atoms. The quantitative estimate of drug-likeness (QED) is 0.436. The predicted octanol–water partition coefficient (Wildman–Crippen LogP) is 0.0943. The van der Waals surface area contributed by atoms with Gasteiger partial charge in [0.1, 0.15) is 0 Å². The van der Waals surface area contributed by atoms with Crippen LogP contribution in [0.25, 0.3) is 0 Å². The summed E-state index contributed by atoms with van der Waals surface area (Å²) in [7, 11) is 2.59. The summed E-state index contributed by atoms with van der Waals surface area (Å²) < 4.78 is 10.5. The number of nitrogens with one attached hydrogen (secondary N) is 1. The number of nitrogens with two attached hydrogens (primary N) is 1. The molecule has 0 aliphatic carbocycles. The van der Waals surface area contributed by atoms with Crippen molar-refractivity contribution in [3.63, 3.8) is 0 Å². The van der Waals surface area contributed by atoms with Gasteiger partial charge in [-0.2, -0.15) is 0 Å². The minimum absolute atomic E-state index is 0.0727. The van der Waals surface area contributed by atoms with E-state index in [1.54, 1.807) is 14.2 Å². The first-order valence-corrected chi connectivity index (χ1v) is 6.43. The molecule has 0 aliphatic heterocycles. The molecule has 3 N–H and O–H groups in total. The van der Waals surface area contributed by atoms with E-state index in [-0.39, 0.29) is 5.91 Å². The first kappa shape index (κ1) is 13.1. The highest BCUT2D eigenvalue weighted by Crippen LogP contribution is 2.03. The molecule has 0 saturated carbocycles. The summed E-state index contributed by atoms with van der Waals surface area (Å²) in [6, 6.07) is 1.14. The zero-order chi connectivity index (χ0) is 10.1. The van der Waals surface area contributed by atoms with Crippen molar-refractivity contribution in [3.8, 4) is 0 Å². The van der Waals surface area contributed by atoms with Crippen molar-refractivity contribution < 1.29 is 9.47 Å². The van der Waals surface area contributed by atoms with E-state index in [9.17, 15) is 0 Å². The van der Waals surface area contributed by atoms with Crippen LogP contribution in [0, 0.1) is 0 Å². The smallest absolute Gasteiger partial charge is 0.203 e. The Labute approximate surface area is 82.5 Å². The number of hydrogen-bond donors (Lipinski definition) is 2. The van der Waals surface area contributed by atoms with E-state index in [2.05, 4.69) is 11.9 Å². The first-order chi connectivity index (χ1) is 6.29. The molecule has 4 nitrogen and oxygen atoms in total. The SMILES string of the molecule is CCC[Si](NCCN)C(OC)OC. The largest absolute Gasteiger partial charge is 0.358 e. The molecule has 0 aromatic heterocycles. The average molecular weight is 205 g/mol. The van der Waals surface area contributed by atoms with Gasteiger partial charge in [0.2, 0.25) is 8.96 Å². The van der Waals surface area contributed by atoms with Crippen LogP contribution in [-0.4, -0.2) is 42.2 Å². The molecule has 1 radical (unpaired) electrons. The van der Waals surface area contributed by atoms with Gasteiger partial charge >= 0.3 is 0 Å². The van der Waals surface area contributed by atoms with Crippen molar-refractivity contribution in [2.24, 2.45) is 5.73 Å². The molecule has 79 valence electrons. The molecule has 0 fully saturated rings. The van der Waals surface area contributed by atoms with Gasteiger partial charge in [0, 0.05) is 27.3 Å². The lowest BCUT2D eigenvalue weighted by Crippen LogP contribution is -2.48. The van der Waals surface area contributed by atoms with E-state index in [4.69, 9.17) is 15.2 Å². The second-order valence-electron chi connectivity index (χ2n) is 2.79. The van der Waals surface area contributed by atoms with Crippen LogP contribution in [0.15, 0.2) is 0 Å². The van der Waals surface area contributed by atoms with Gasteiger partial charge < -0.3 is 20.2 Å². The highest BCUT2D eigenvalue weighted by Gasteiger charge is 2.22. The van der Waals surface area contributed by atoms with Crippen LogP contribution in [0.5, 0.6) is 0 Å². The molecular weight excluding hydrogens is 184 g/mol. The molecular formula is C8H21N2O2Si. The Kier molecular flexibility index (Phi) is 8.68. The van der Waals surface area contributed by atoms with Crippen LogP contribution >= 0.6 is 0 Å². The van der Waals surface area contributed by atoms with Crippen molar-refractivity contribution >= 4 is 8.96 Å². The summed E-state index contributed by atoms with van der Waals surface area (Å²) in [6.45, 7) is 3.67. The molecule has 0 spiro atoms. The highest BCUT2D eigenvalue weighted by atomic mass is 28.3. The van der Waals surface area contributed by atoms with Crippen LogP contribution in [0.1, 0.15) is 13.3 Å². The van der Waals surface area contributed by atoms with Crippen molar-refractivity contribution in [3.05, 3.63) is 0 Å². The minimum atomic E-state index is -0.773. The maximum atomic E-state index is 5.43. The summed E-state index contributed by atoms with van der Waals surface area (Å²) in [4.78, 5) is 3.40. The fourth-order valence-electron chi connectivity index (χ4n) is 1.17. The third kappa shape index (κ3) is 5.38. The molecule has 0 atom stereocenters. The number of ether oxygens (including phenoxy) is 2. The Morgan fingerprint density at radius 1 is 1.38 bits per heavy atom. The van der Waals surface area contributed by atoms with Gasteiger partial charge in [0.25, 0.3) is 0 Å². The molecule has 0 rings (SSSR count). The lowest BCUT2D eigenvalue weighted by molar-refractivity contribution is -0.0485. The zero-order valence-corrected chi connectivity index (χ0v) is 9.80. The first-order valence-electron chi connectivity index (χ1n) is 4.65. The number of hydrogen-bond acceptors (Lipinski definition) is 4. The summed E-state index contributed by atoms with van der Waals surface area (Å²) in [5.74, 6) is -0.0727. The lowest BCUT2D eigenvalue weighted by Gasteiger charge is -2.22. The maximum absolute atomic E-state index is 5.43. The van der Waals surface area contributed by atoms with Crippen LogP contribution in [0.4, 0.5) is 0 Å². The van der Waals surface area contributed by atoms with E-state index in [0.29, 0.717) is 6.54 Å². The van der Waals surface area contributed by atoms with Crippen molar-refractivity contribution in [2.45, 2.75) is 25.3 Å². The molecule has 0 aromatic rings. The Bertz CT molecular complexity index is 112. The topological polar surface area (TPSA) is 56.5 Å². The molecule has 0 aromatic carbocycles. The van der Waals surface area contributed by atoms with Gasteiger partial charge in [-0.1, -0.05) is 13.3 Å². The molecule has 0 heterocycles. The van der Waals surface area contributed by atoms with E-state index < -0.39 is 8.96 Å². The van der Waals surface area contributed by atoms with Gasteiger partial charge in [-0.3, -0.25) is 0 Å². The minimum Gasteiger partial charge on any atom is -0.358 e. The Balaban J connectivity index is 3.88. The van der Waals surface area contributed by atoms with E-state index in [1.807, 2.05) is 0 Å². The zero-order valence-electron chi connectivity index (χ0n) is 8.80. The van der Waals surface area contributed by atoms with Crippen LogP contribution in [-0.2, 0) is 9.47 Å². The van der Waals surface area contributed by atoms with Crippen molar-refractivity contribution in [1.29, 1.82) is 0 Å². The summed E-state index contributed by atoms with van der Waals surface area (Å²) in [5.41, 5.74) is 5.43. The molecule has 0 unspecified atom stereocenters. The number of rotatable bonds is 8. The van der Waals surface area contributed by atoms with Gasteiger partial charge in [0.05, 0.1) is 0 Å². The Morgan fingerprint density at radius 3 is 2.38 bits per heavy atom. The van der Waals surface area contributed by atoms with Crippen LogP contribution < -0.4 is 10.7 Å². The normalized spacial score (nSPS) is 11.5. The Morgan fingerprint density at radius 2 is 2.00 bits per heavy atom. The predicted molar refractivity (Wildman–Crippen MR) is 55.7 cm³/mol. The lowest BCUT2D eigenvalue weighted by atomic mass is 10.6. The molecule has 0 aliphatic rings. The molecule has 5 heteroatoms. The van der Waals surface area contributed by atoms with Crippen LogP contribution in [0.2, 0.25) is 6.04 Å². The monoisotopic (exact) mass is 205 g/mol. The van der Waals surface area contributed by atoms with Gasteiger partial charge in [-0.05, 0) is 6.04 Å². The molecule has 0 saturated heterocycles. The third-order valence-electron chi connectivity index (χ3n) is 1.73. The standard InChI is InChI=1S/C8H21N2O2Si/c1-4-7-13(10-6-5-9)8(11-2)12-3/h8,10H,4-7,9H2,1-3H3. The average Bonchev–Trinajstić information content (AvgIpc) is 2.16. The molecule has 0 amide bonds. The van der Waals surface area contributed by atoms with Gasteiger partial charge in [-0.25, -0.2) is 0 Å². The summed E-state index contributed by atoms with van der Waals surface area (Å²) >= 11 is 0. The second kappa shape index (κ2) is 8.65. The van der Waals surface area contributed by atoms with Gasteiger partial charge in [0.15, 0.2) is 5.91 Å². The van der Waals surface area contributed by atoms with E-state index in [0.717, 1.165) is 19.0 Å². The maximum Gasteiger partial charge on any atom is 0.203 e.